The number of anilines is 2. The largest absolute Gasteiger partial charge is 0.354 e. The van der Waals surface area contributed by atoms with Gasteiger partial charge < -0.3 is 20.1 Å². The van der Waals surface area contributed by atoms with Crippen LogP contribution in [0.4, 0.5) is 15.8 Å². The minimum Gasteiger partial charge on any atom is -0.354 e. The molecule has 7 rings (SSSR count). The van der Waals surface area contributed by atoms with E-state index in [0.717, 1.165) is 0 Å². The van der Waals surface area contributed by atoms with E-state index in [1.165, 1.54) is 27.6 Å². The number of H-pyrrole nitrogens is 1. The van der Waals surface area contributed by atoms with E-state index in [-0.39, 0.29) is 69.7 Å². The van der Waals surface area contributed by atoms with E-state index in [1.807, 2.05) is 34.6 Å². The van der Waals surface area contributed by atoms with Crippen LogP contribution in [0.2, 0.25) is 5.02 Å². The molecule has 2 atom stereocenters. The zero-order chi connectivity index (χ0) is 36.8. The minimum atomic E-state index is -0.875. The van der Waals surface area contributed by atoms with Crippen LogP contribution in [-0.2, 0) is 16.6 Å². The molecule has 5 heterocycles. The topological polar surface area (TPSA) is 138 Å². The molecule has 2 aromatic carbocycles. The van der Waals surface area contributed by atoms with Crippen molar-refractivity contribution in [1.29, 1.82) is 0 Å². The maximum Gasteiger partial charge on any atom is 0.326 e. The number of aryl methyl sites for hydroxylation is 2. The monoisotopic (exact) mass is 712 g/mol. The van der Waals surface area contributed by atoms with Crippen molar-refractivity contribution >= 4 is 56.7 Å². The number of nitrogens with zero attached hydrogens (tertiary/aromatic N) is 6. The highest BCUT2D eigenvalue weighted by Gasteiger charge is 2.44. The summed E-state index contributed by atoms with van der Waals surface area (Å²) in [7, 11) is 1.59. The molecule has 0 radical (unpaired) electrons. The molecular formula is C37H38ClFN8O4. The third-order valence-electron chi connectivity index (χ3n) is 10.1. The van der Waals surface area contributed by atoms with Gasteiger partial charge in [-0.2, -0.15) is 0 Å². The van der Waals surface area contributed by atoms with Crippen molar-refractivity contribution in [3.05, 3.63) is 85.8 Å². The fraction of sp³-hybridized carbons (Fsp3) is 0.351. The molecule has 2 aliphatic rings. The van der Waals surface area contributed by atoms with E-state index < -0.39 is 23.3 Å². The fourth-order valence-corrected chi connectivity index (χ4v) is 8.00. The first kappa shape index (κ1) is 34.2. The molecule has 1 saturated heterocycles. The Morgan fingerprint density at radius 2 is 1.71 bits per heavy atom. The number of pyridine rings is 1. The first-order valence-electron chi connectivity index (χ1n) is 16.8. The number of fused-ring (bicyclic) bond motifs is 6. The molecule has 51 heavy (non-hydrogen) atoms. The Morgan fingerprint density at radius 1 is 1.04 bits per heavy atom. The average Bonchev–Trinajstić information content (AvgIpc) is 3.37. The number of halogens is 2. The van der Waals surface area contributed by atoms with E-state index >= 15 is 9.18 Å². The number of hydrogen-bond donors (Lipinski definition) is 2. The molecule has 0 bridgehead atoms. The minimum absolute atomic E-state index is 0.00942. The van der Waals surface area contributed by atoms with Crippen molar-refractivity contribution in [1.82, 2.24) is 29.0 Å². The van der Waals surface area contributed by atoms with Gasteiger partial charge in [0, 0.05) is 36.1 Å². The van der Waals surface area contributed by atoms with Crippen LogP contribution in [-0.4, -0.2) is 66.0 Å². The molecule has 5 aromatic rings. The number of benzene rings is 2. The summed E-state index contributed by atoms with van der Waals surface area (Å²) in [5.74, 6) is -1.83. The summed E-state index contributed by atoms with van der Waals surface area (Å²) in [4.78, 5) is 69.8. The van der Waals surface area contributed by atoms with E-state index in [4.69, 9.17) is 11.6 Å². The molecule has 2 aliphatic heterocycles. The number of nitrogens with one attached hydrogen (secondary N) is 2. The molecule has 2 N–H and O–H groups in total. The predicted molar refractivity (Wildman–Crippen MR) is 197 cm³/mol. The van der Waals surface area contributed by atoms with Gasteiger partial charge in [0.15, 0.2) is 0 Å². The second-order valence-electron chi connectivity index (χ2n) is 14.0. The van der Waals surface area contributed by atoms with Gasteiger partial charge in [0.05, 0.1) is 50.9 Å². The lowest BCUT2D eigenvalue weighted by atomic mass is 9.94. The quantitative estimate of drug-likeness (QED) is 0.229. The summed E-state index contributed by atoms with van der Waals surface area (Å²) in [6.45, 7) is 15.2. The van der Waals surface area contributed by atoms with Crippen molar-refractivity contribution in [3.8, 4) is 16.8 Å². The van der Waals surface area contributed by atoms with E-state index in [2.05, 4.69) is 26.8 Å². The molecule has 14 heteroatoms. The van der Waals surface area contributed by atoms with E-state index in [0.29, 0.717) is 44.9 Å². The third kappa shape index (κ3) is 5.00. The Balaban J connectivity index is 1.67. The molecule has 1 fully saturated rings. The van der Waals surface area contributed by atoms with E-state index in [9.17, 15) is 14.4 Å². The van der Waals surface area contributed by atoms with Gasteiger partial charge in [-0.15, -0.1) is 0 Å². The first-order chi connectivity index (χ1) is 24.2. The van der Waals surface area contributed by atoms with Crippen LogP contribution in [0.15, 0.2) is 46.8 Å². The normalized spacial score (nSPS) is 17.4. The summed E-state index contributed by atoms with van der Waals surface area (Å²) < 4.78 is 19.9. The van der Waals surface area contributed by atoms with Gasteiger partial charge in [0.1, 0.15) is 23.9 Å². The zero-order valence-corrected chi connectivity index (χ0v) is 30.1. The SMILES string of the molecule is C=CC(=O)N1CC2C(=O)Nc3c(c4cc(F)c(-c5c(C)ccc6[nH]c(=O)n(C)c56)c(Cl)c4n(-c4c(C(C)C)ncnc4C(C)C)c3=O)N2CC1C. The summed E-state index contributed by atoms with van der Waals surface area (Å²) in [5, 5.41) is 3.03. The summed E-state index contributed by atoms with van der Waals surface area (Å²) in [5.41, 5.74) is 3.01. The molecule has 0 aliphatic carbocycles. The molecule has 264 valence electrons. The van der Waals surface area contributed by atoms with Crippen LogP contribution in [0, 0.1) is 12.7 Å². The number of aromatic amines is 1. The number of aromatic nitrogens is 5. The van der Waals surface area contributed by atoms with Crippen LogP contribution in [0.5, 0.6) is 0 Å². The smallest absolute Gasteiger partial charge is 0.326 e. The Labute approximate surface area is 297 Å². The Hall–Kier alpha value is -5.30. The number of rotatable bonds is 5. The fourth-order valence-electron chi connectivity index (χ4n) is 7.63. The number of amides is 2. The Bertz CT molecular complexity index is 2440. The summed E-state index contributed by atoms with van der Waals surface area (Å²) >= 11 is 7.45. The second kappa shape index (κ2) is 12.2. The zero-order valence-electron chi connectivity index (χ0n) is 29.4. The number of piperazine rings is 1. The van der Waals surface area contributed by atoms with Gasteiger partial charge in [-0.1, -0.05) is 51.9 Å². The van der Waals surface area contributed by atoms with Crippen molar-refractivity contribution in [2.45, 2.75) is 65.5 Å². The van der Waals surface area contributed by atoms with Gasteiger partial charge in [-0.25, -0.2) is 19.2 Å². The highest BCUT2D eigenvalue weighted by molar-refractivity contribution is 6.39. The standard InChI is InChI=1S/C37H38ClFN8O4/c1-9-24(48)45-14-23-35(49)43-30-32(46(23)13-19(45)7)20-12-21(39)26(25-18(6)10-11-22-33(25)44(8)37(51)42-22)27(38)31(20)47(36(30)50)34-28(16(2)3)40-15-41-29(34)17(4)5/h9-12,15-17,19,23H,1,13-14H2,2-8H3,(H,42,51)(H,43,49). The highest BCUT2D eigenvalue weighted by atomic mass is 35.5. The van der Waals surface area contributed by atoms with Gasteiger partial charge in [-0.3, -0.25) is 23.5 Å². The lowest BCUT2D eigenvalue weighted by Gasteiger charge is -2.48. The van der Waals surface area contributed by atoms with Gasteiger partial charge >= 0.3 is 5.69 Å². The molecule has 12 nitrogen and oxygen atoms in total. The van der Waals surface area contributed by atoms with Crippen molar-refractivity contribution in [2.75, 3.05) is 23.3 Å². The molecule has 0 spiro atoms. The number of carbonyl (C=O) groups is 2. The van der Waals surface area contributed by atoms with Crippen LogP contribution in [0.1, 0.15) is 63.4 Å². The van der Waals surface area contributed by atoms with E-state index in [1.54, 1.807) is 35.9 Å². The third-order valence-corrected chi connectivity index (χ3v) is 10.4. The molecular weight excluding hydrogens is 675 g/mol. The van der Waals surface area contributed by atoms with Gasteiger partial charge in [-0.05, 0) is 49.5 Å². The Kier molecular flexibility index (Phi) is 8.16. The Morgan fingerprint density at radius 3 is 2.33 bits per heavy atom. The maximum atomic E-state index is 17.1. The van der Waals surface area contributed by atoms with Crippen molar-refractivity contribution in [3.63, 3.8) is 0 Å². The number of carbonyl (C=O) groups excluding carboxylic acids is 2. The van der Waals surface area contributed by atoms with Crippen molar-refractivity contribution < 1.29 is 14.0 Å². The number of hydrogen-bond acceptors (Lipinski definition) is 7. The maximum absolute atomic E-state index is 17.1. The molecule has 0 saturated carbocycles. The second-order valence-corrected chi connectivity index (χ2v) is 14.3. The highest BCUT2D eigenvalue weighted by Crippen LogP contribution is 2.47. The molecule has 2 unspecified atom stereocenters. The van der Waals surface area contributed by atoms with Crippen LogP contribution in [0.3, 0.4) is 0 Å². The lowest BCUT2D eigenvalue weighted by molar-refractivity contribution is -0.130. The molecule has 3 aromatic heterocycles. The van der Waals surface area contributed by atoms with Gasteiger partial charge in [0.2, 0.25) is 11.8 Å². The van der Waals surface area contributed by atoms with Crippen molar-refractivity contribution in [2.24, 2.45) is 7.05 Å². The average molecular weight is 713 g/mol. The van der Waals surface area contributed by atoms with Crippen LogP contribution in [0.25, 0.3) is 38.8 Å². The van der Waals surface area contributed by atoms with Crippen LogP contribution < -0.4 is 21.5 Å². The van der Waals surface area contributed by atoms with Crippen LogP contribution >= 0.6 is 11.6 Å². The first-order valence-corrected chi connectivity index (χ1v) is 17.2. The summed E-state index contributed by atoms with van der Waals surface area (Å²) in [6, 6.07) is 3.61. The molecule has 2 amide bonds. The lowest BCUT2D eigenvalue weighted by Crippen LogP contribution is -2.64. The predicted octanol–water partition coefficient (Wildman–Crippen LogP) is 5.52. The summed E-state index contributed by atoms with van der Waals surface area (Å²) in [6.07, 6.45) is 2.66. The van der Waals surface area contributed by atoms with Gasteiger partial charge in [0.25, 0.3) is 5.56 Å². The number of imidazole rings is 1.